The third-order valence-corrected chi connectivity index (χ3v) is 4.98. The lowest BCUT2D eigenvalue weighted by atomic mass is 10.0. The highest BCUT2D eigenvalue weighted by atomic mass is 16.2. The number of likely N-dealkylation sites (tertiary alicyclic amines) is 1. The number of hydrogen-bond donors (Lipinski definition) is 1. The van der Waals surface area contributed by atoms with Gasteiger partial charge in [-0.25, -0.2) is 9.97 Å². The summed E-state index contributed by atoms with van der Waals surface area (Å²) < 4.78 is 1.77. The Labute approximate surface area is 151 Å². The van der Waals surface area contributed by atoms with Gasteiger partial charge in [0.1, 0.15) is 11.5 Å². The van der Waals surface area contributed by atoms with E-state index < -0.39 is 0 Å². The molecule has 0 spiro atoms. The molecule has 0 unspecified atom stereocenters. The summed E-state index contributed by atoms with van der Waals surface area (Å²) in [6.07, 6.45) is 4.05. The fourth-order valence-corrected chi connectivity index (χ4v) is 3.77. The lowest BCUT2D eigenvalue weighted by Gasteiger charge is -2.28. The highest BCUT2D eigenvalue weighted by Crippen LogP contribution is 2.41. The Balaban J connectivity index is 1.62. The van der Waals surface area contributed by atoms with Gasteiger partial charge in [0.25, 0.3) is 5.91 Å². The molecule has 0 radical (unpaired) electrons. The quantitative estimate of drug-likeness (QED) is 0.886. The zero-order valence-corrected chi connectivity index (χ0v) is 15.1. The van der Waals surface area contributed by atoms with Crippen LogP contribution in [0.1, 0.15) is 53.0 Å². The first kappa shape index (κ1) is 16.7. The summed E-state index contributed by atoms with van der Waals surface area (Å²) in [4.78, 5) is 35.7. The van der Waals surface area contributed by atoms with Gasteiger partial charge in [0.2, 0.25) is 5.91 Å². The van der Waals surface area contributed by atoms with Gasteiger partial charge in [0.05, 0.1) is 17.8 Å². The average molecular weight is 354 g/mol. The van der Waals surface area contributed by atoms with Crippen molar-refractivity contribution in [3.63, 3.8) is 0 Å². The van der Waals surface area contributed by atoms with Gasteiger partial charge in [-0.1, -0.05) is 0 Å². The monoisotopic (exact) mass is 354 g/mol. The van der Waals surface area contributed by atoms with E-state index in [1.165, 1.54) is 0 Å². The number of nitrogens with one attached hydrogen (secondary N) is 1. The fourth-order valence-electron chi connectivity index (χ4n) is 3.77. The van der Waals surface area contributed by atoms with Gasteiger partial charge >= 0.3 is 0 Å². The van der Waals surface area contributed by atoms with Crippen LogP contribution in [-0.4, -0.2) is 48.5 Å². The predicted octanol–water partition coefficient (Wildman–Crippen LogP) is 1.06. The summed E-state index contributed by atoms with van der Waals surface area (Å²) in [6.45, 7) is 3.59. The Kier molecular flexibility index (Phi) is 3.97. The van der Waals surface area contributed by atoms with Gasteiger partial charge in [0.15, 0.2) is 0 Å². The zero-order chi connectivity index (χ0) is 18.4. The molecule has 2 amide bonds. The summed E-state index contributed by atoms with van der Waals surface area (Å²) in [5, 5.41) is 7.27. The van der Waals surface area contributed by atoms with Crippen molar-refractivity contribution in [1.82, 2.24) is 30.0 Å². The van der Waals surface area contributed by atoms with Crippen molar-refractivity contribution < 1.29 is 9.59 Å². The summed E-state index contributed by atoms with van der Waals surface area (Å²) >= 11 is 0. The number of nitrogens with zero attached hydrogens (tertiary/aromatic N) is 5. The first-order valence-corrected chi connectivity index (χ1v) is 8.86. The van der Waals surface area contributed by atoms with E-state index in [-0.39, 0.29) is 29.9 Å². The maximum absolute atomic E-state index is 12.8. The lowest BCUT2D eigenvalue weighted by Crippen LogP contribution is -2.41. The molecule has 26 heavy (non-hydrogen) atoms. The Morgan fingerprint density at radius 3 is 2.65 bits per heavy atom. The number of aromatic nitrogens is 4. The Hall–Kier alpha value is -2.77. The van der Waals surface area contributed by atoms with E-state index in [0.29, 0.717) is 17.9 Å². The minimum Gasteiger partial charge on any atom is -0.345 e. The third-order valence-electron chi connectivity index (χ3n) is 4.98. The Bertz CT molecular complexity index is 852. The molecule has 1 aliphatic carbocycles. The Morgan fingerprint density at radius 1 is 1.27 bits per heavy atom. The first-order chi connectivity index (χ1) is 12.4. The van der Waals surface area contributed by atoms with Crippen LogP contribution in [0, 0.1) is 13.8 Å². The first-order valence-electron chi connectivity index (χ1n) is 8.86. The molecule has 2 aromatic rings. The average Bonchev–Trinajstić information content (AvgIpc) is 3.24. The van der Waals surface area contributed by atoms with Crippen molar-refractivity contribution in [2.45, 2.75) is 51.2 Å². The minimum absolute atomic E-state index is 0.0825. The van der Waals surface area contributed by atoms with Crippen LogP contribution >= 0.6 is 0 Å². The molecule has 2 aliphatic rings. The van der Waals surface area contributed by atoms with Crippen LogP contribution < -0.4 is 5.32 Å². The number of hydrogen-bond acceptors (Lipinski definition) is 5. The highest BCUT2D eigenvalue weighted by Gasteiger charge is 2.48. The van der Waals surface area contributed by atoms with E-state index in [9.17, 15) is 9.59 Å². The number of carbonyl (C=O) groups is 2. The molecule has 1 aliphatic heterocycles. The largest absolute Gasteiger partial charge is 0.345 e. The van der Waals surface area contributed by atoms with Crippen molar-refractivity contribution in [2.75, 3.05) is 0 Å². The number of amides is 2. The molecule has 1 saturated carbocycles. The van der Waals surface area contributed by atoms with Crippen molar-refractivity contribution in [3.8, 4) is 0 Å². The molecule has 8 nitrogen and oxygen atoms in total. The molecule has 0 aromatic carbocycles. The lowest BCUT2D eigenvalue weighted by molar-refractivity contribution is -0.129. The molecule has 1 N–H and O–H groups in total. The van der Waals surface area contributed by atoms with Gasteiger partial charge in [-0.05, 0) is 38.8 Å². The fraction of sp³-hybridized carbons (Fsp3) is 0.500. The molecule has 2 fully saturated rings. The smallest absolute Gasteiger partial charge is 0.270 e. The van der Waals surface area contributed by atoms with E-state index in [2.05, 4.69) is 20.4 Å². The zero-order valence-electron chi connectivity index (χ0n) is 15.1. The molecule has 2 atom stereocenters. The van der Waals surface area contributed by atoms with Crippen molar-refractivity contribution in [2.24, 2.45) is 7.05 Å². The second-order valence-corrected chi connectivity index (χ2v) is 7.08. The third kappa shape index (κ3) is 2.95. The normalized spacial score (nSPS) is 22.7. The Morgan fingerprint density at radius 2 is 2.04 bits per heavy atom. The second-order valence-electron chi connectivity index (χ2n) is 7.08. The van der Waals surface area contributed by atoms with Crippen LogP contribution in [0.3, 0.4) is 0 Å². The number of rotatable bonds is 4. The van der Waals surface area contributed by atoms with E-state index in [1.807, 2.05) is 24.9 Å². The SMILES string of the molecule is Cc1cc(C(=O)N[C@@H]2CC(=O)N(C3CC3)[C@H]2c2ccnn2C)nc(C)n1. The number of aryl methyl sites for hydroxylation is 3. The topological polar surface area (TPSA) is 93.0 Å². The van der Waals surface area contributed by atoms with Gasteiger partial charge < -0.3 is 10.2 Å². The molecule has 0 bridgehead atoms. The maximum Gasteiger partial charge on any atom is 0.270 e. The van der Waals surface area contributed by atoms with Crippen molar-refractivity contribution in [1.29, 1.82) is 0 Å². The van der Waals surface area contributed by atoms with Gasteiger partial charge in [-0.2, -0.15) is 5.10 Å². The standard InChI is InChI=1S/C18H22N6O2/c1-10-8-14(21-11(2)20-10)18(26)22-13-9-16(25)24(12-4-5-12)17(13)15-6-7-19-23(15)3/h6-8,12-13,17H,4-5,9H2,1-3H3,(H,22,26)/t13-,17-/m1/s1. The minimum atomic E-state index is -0.304. The van der Waals surface area contributed by atoms with Gasteiger partial charge in [-0.15, -0.1) is 0 Å². The molecular formula is C18H22N6O2. The predicted molar refractivity (Wildman–Crippen MR) is 93.2 cm³/mol. The van der Waals surface area contributed by atoms with Crippen molar-refractivity contribution in [3.05, 3.63) is 41.2 Å². The van der Waals surface area contributed by atoms with E-state index in [1.54, 1.807) is 23.9 Å². The molecule has 1 saturated heterocycles. The molecule has 136 valence electrons. The molecule has 3 heterocycles. The van der Waals surface area contributed by atoms with Crippen molar-refractivity contribution >= 4 is 11.8 Å². The van der Waals surface area contributed by atoms with E-state index in [0.717, 1.165) is 24.2 Å². The van der Waals surface area contributed by atoms with Crippen LogP contribution in [0.4, 0.5) is 0 Å². The van der Waals surface area contributed by atoms with E-state index >= 15 is 0 Å². The van der Waals surface area contributed by atoms with Crippen LogP contribution in [0.5, 0.6) is 0 Å². The molecule has 2 aromatic heterocycles. The molecule has 4 rings (SSSR count). The van der Waals surface area contributed by atoms with Crippen LogP contribution in [0.2, 0.25) is 0 Å². The summed E-state index contributed by atoms with van der Waals surface area (Å²) in [7, 11) is 1.86. The molecule has 8 heteroatoms. The number of carbonyl (C=O) groups excluding carboxylic acids is 2. The van der Waals surface area contributed by atoms with Crippen LogP contribution in [0.25, 0.3) is 0 Å². The van der Waals surface area contributed by atoms with Gasteiger partial charge in [-0.3, -0.25) is 14.3 Å². The molecular weight excluding hydrogens is 332 g/mol. The van der Waals surface area contributed by atoms with Gasteiger partial charge in [0, 0.05) is 31.4 Å². The van der Waals surface area contributed by atoms with Crippen LogP contribution in [0.15, 0.2) is 18.3 Å². The summed E-state index contributed by atoms with van der Waals surface area (Å²) in [6, 6.07) is 3.35. The van der Waals surface area contributed by atoms with Crippen LogP contribution in [-0.2, 0) is 11.8 Å². The summed E-state index contributed by atoms with van der Waals surface area (Å²) in [5.41, 5.74) is 2.01. The van der Waals surface area contributed by atoms with E-state index in [4.69, 9.17) is 0 Å². The summed E-state index contributed by atoms with van der Waals surface area (Å²) in [5.74, 6) is 0.362. The second kappa shape index (κ2) is 6.19. The maximum atomic E-state index is 12.8. The highest BCUT2D eigenvalue weighted by molar-refractivity contribution is 5.93.